The van der Waals surface area contributed by atoms with E-state index >= 15 is 0 Å². The van der Waals surface area contributed by atoms with E-state index in [0.29, 0.717) is 22.9 Å². The lowest BCUT2D eigenvalue weighted by atomic mass is 9.94. The molecule has 0 saturated heterocycles. The molecular weight excluding hydrogens is 318 g/mol. The number of hydrogen-bond donors (Lipinski definition) is 0. The van der Waals surface area contributed by atoms with E-state index < -0.39 is 0 Å². The normalized spacial score (nSPS) is 12.4. The highest BCUT2D eigenvalue weighted by Gasteiger charge is 2.14. The van der Waals surface area contributed by atoms with Crippen LogP contribution in [0.3, 0.4) is 0 Å². The molecule has 2 aromatic carbocycles. The Bertz CT molecular complexity index is 584. The Balaban J connectivity index is 2.11. The van der Waals surface area contributed by atoms with E-state index in [9.17, 15) is 4.39 Å². The van der Waals surface area contributed by atoms with E-state index in [4.69, 9.17) is 34.8 Å². The number of hydrogen-bond acceptors (Lipinski definition) is 0. The molecule has 0 aliphatic carbocycles. The van der Waals surface area contributed by atoms with Gasteiger partial charge in [-0.05, 0) is 48.1 Å². The largest absolute Gasteiger partial charge is 0.207 e. The fourth-order valence-corrected chi connectivity index (χ4v) is 2.74. The van der Waals surface area contributed by atoms with Crippen LogP contribution in [0.2, 0.25) is 10.0 Å². The average molecular weight is 332 g/mol. The Hall–Kier alpha value is -0.760. The lowest BCUT2D eigenvalue weighted by Gasteiger charge is -2.15. The van der Waals surface area contributed by atoms with Gasteiger partial charge in [0.1, 0.15) is 5.82 Å². The number of halogens is 4. The van der Waals surface area contributed by atoms with Gasteiger partial charge in [0.05, 0.1) is 0 Å². The first-order chi connectivity index (χ1) is 9.60. The van der Waals surface area contributed by atoms with Crippen molar-refractivity contribution in [3.63, 3.8) is 0 Å². The molecule has 0 fully saturated rings. The van der Waals surface area contributed by atoms with Gasteiger partial charge in [-0.2, -0.15) is 0 Å². The van der Waals surface area contributed by atoms with E-state index in [1.807, 2.05) is 24.3 Å². The Labute approximate surface area is 133 Å². The molecule has 0 bridgehead atoms. The van der Waals surface area contributed by atoms with E-state index in [2.05, 4.69) is 0 Å². The van der Waals surface area contributed by atoms with Crippen LogP contribution >= 0.6 is 34.8 Å². The van der Waals surface area contributed by atoms with Crippen LogP contribution in [0.1, 0.15) is 11.1 Å². The minimum absolute atomic E-state index is 0.132. The summed E-state index contributed by atoms with van der Waals surface area (Å²) in [6, 6.07) is 12.4. The third kappa shape index (κ3) is 4.12. The van der Waals surface area contributed by atoms with Crippen molar-refractivity contribution in [1.82, 2.24) is 0 Å². The second kappa shape index (κ2) is 7.31. The van der Waals surface area contributed by atoms with Gasteiger partial charge in [-0.25, -0.2) is 4.39 Å². The van der Waals surface area contributed by atoms with Gasteiger partial charge in [0.25, 0.3) is 0 Å². The van der Waals surface area contributed by atoms with E-state index in [1.165, 1.54) is 6.07 Å². The molecule has 0 aliphatic heterocycles. The molecule has 0 saturated carbocycles. The van der Waals surface area contributed by atoms with Crippen LogP contribution in [0.15, 0.2) is 42.5 Å². The Morgan fingerprint density at radius 2 is 1.65 bits per heavy atom. The summed E-state index contributed by atoms with van der Waals surface area (Å²) in [6.45, 7) is 0. The van der Waals surface area contributed by atoms with Crippen LogP contribution in [-0.4, -0.2) is 5.88 Å². The summed E-state index contributed by atoms with van der Waals surface area (Å²) < 4.78 is 13.8. The molecule has 20 heavy (non-hydrogen) atoms. The zero-order valence-corrected chi connectivity index (χ0v) is 13.0. The predicted octanol–water partition coefficient (Wildman–Crippen LogP) is 5.77. The fraction of sp³-hybridized carbons (Fsp3) is 0.250. The number of benzene rings is 2. The maximum absolute atomic E-state index is 13.8. The minimum Gasteiger partial charge on any atom is -0.207 e. The van der Waals surface area contributed by atoms with E-state index in [1.54, 1.807) is 12.1 Å². The maximum Gasteiger partial charge on any atom is 0.127 e. The average Bonchev–Trinajstić information content (AvgIpc) is 2.43. The molecule has 4 heteroatoms. The summed E-state index contributed by atoms with van der Waals surface area (Å²) in [5.41, 5.74) is 1.67. The van der Waals surface area contributed by atoms with Gasteiger partial charge in [-0.15, -0.1) is 11.6 Å². The van der Waals surface area contributed by atoms with Crippen LogP contribution in [-0.2, 0) is 12.8 Å². The van der Waals surface area contributed by atoms with Crippen molar-refractivity contribution in [2.24, 2.45) is 5.92 Å². The molecular formula is C16H14Cl3F. The van der Waals surface area contributed by atoms with Crippen molar-refractivity contribution in [3.05, 3.63) is 69.5 Å². The molecule has 0 aromatic heterocycles. The van der Waals surface area contributed by atoms with Crippen molar-refractivity contribution >= 4 is 34.8 Å². The van der Waals surface area contributed by atoms with Crippen LogP contribution < -0.4 is 0 Å². The van der Waals surface area contributed by atoms with Crippen LogP contribution in [0.4, 0.5) is 4.39 Å². The predicted molar refractivity (Wildman–Crippen MR) is 84.5 cm³/mol. The quantitative estimate of drug-likeness (QED) is 0.610. The zero-order chi connectivity index (χ0) is 14.5. The Kier molecular flexibility index (Phi) is 5.71. The molecule has 0 aliphatic rings. The van der Waals surface area contributed by atoms with Crippen LogP contribution in [0.5, 0.6) is 0 Å². The van der Waals surface area contributed by atoms with Crippen molar-refractivity contribution in [1.29, 1.82) is 0 Å². The molecule has 1 atom stereocenters. The van der Waals surface area contributed by atoms with Crippen molar-refractivity contribution in [2.75, 3.05) is 5.88 Å². The van der Waals surface area contributed by atoms with Crippen molar-refractivity contribution < 1.29 is 4.39 Å². The second-order valence-electron chi connectivity index (χ2n) is 4.76. The summed E-state index contributed by atoms with van der Waals surface area (Å²) in [7, 11) is 0. The summed E-state index contributed by atoms with van der Waals surface area (Å²) in [5, 5.41) is 1.12. The van der Waals surface area contributed by atoms with Crippen LogP contribution in [0.25, 0.3) is 0 Å². The molecule has 0 heterocycles. The minimum atomic E-state index is -0.285. The topological polar surface area (TPSA) is 0 Å². The van der Waals surface area contributed by atoms with E-state index in [0.717, 1.165) is 17.0 Å². The zero-order valence-electron chi connectivity index (χ0n) is 10.8. The Morgan fingerprint density at radius 1 is 0.950 bits per heavy atom. The summed E-state index contributed by atoms with van der Waals surface area (Å²) in [4.78, 5) is 0. The first kappa shape index (κ1) is 15.6. The molecule has 0 spiro atoms. The standard InChI is InChI=1S/C16H14Cl3F/c17-10-11(7-12-3-1-2-4-15(12)19)8-13-5-6-14(18)9-16(13)20/h1-6,9,11H,7-8,10H2. The van der Waals surface area contributed by atoms with Gasteiger partial charge in [0, 0.05) is 15.9 Å². The van der Waals surface area contributed by atoms with Gasteiger partial charge in [0.15, 0.2) is 0 Å². The van der Waals surface area contributed by atoms with Gasteiger partial charge >= 0.3 is 0 Å². The number of alkyl halides is 1. The Morgan fingerprint density at radius 3 is 2.30 bits per heavy atom. The maximum atomic E-state index is 13.8. The van der Waals surface area contributed by atoms with Gasteiger partial charge in [-0.3, -0.25) is 0 Å². The molecule has 2 aromatic rings. The molecule has 0 radical (unpaired) electrons. The smallest absolute Gasteiger partial charge is 0.127 e. The highest BCUT2D eigenvalue weighted by atomic mass is 35.5. The highest BCUT2D eigenvalue weighted by Crippen LogP contribution is 2.24. The van der Waals surface area contributed by atoms with Gasteiger partial charge in [0.2, 0.25) is 0 Å². The molecule has 2 rings (SSSR count). The third-order valence-electron chi connectivity index (χ3n) is 3.21. The second-order valence-corrected chi connectivity index (χ2v) is 5.91. The molecule has 106 valence electrons. The molecule has 0 N–H and O–H groups in total. The number of rotatable bonds is 5. The molecule has 1 unspecified atom stereocenters. The van der Waals surface area contributed by atoms with Crippen molar-refractivity contribution in [3.8, 4) is 0 Å². The first-order valence-corrected chi connectivity index (χ1v) is 7.62. The lowest BCUT2D eigenvalue weighted by Crippen LogP contribution is -2.11. The highest BCUT2D eigenvalue weighted by molar-refractivity contribution is 6.31. The molecule has 0 amide bonds. The van der Waals surface area contributed by atoms with Gasteiger partial charge in [-0.1, -0.05) is 47.5 Å². The first-order valence-electron chi connectivity index (χ1n) is 6.33. The fourth-order valence-electron chi connectivity index (χ4n) is 2.15. The van der Waals surface area contributed by atoms with Crippen LogP contribution in [0, 0.1) is 11.7 Å². The third-order valence-corrected chi connectivity index (χ3v) is 4.25. The monoisotopic (exact) mass is 330 g/mol. The van der Waals surface area contributed by atoms with E-state index in [-0.39, 0.29) is 11.7 Å². The van der Waals surface area contributed by atoms with Gasteiger partial charge < -0.3 is 0 Å². The molecule has 0 nitrogen and oxygen atoms in total. The summed E-state index contributed by atoms with van der Waals surface area (Å²) >= 11 is 17.9. The SMILES string of the molecule is Fc1cc(Cl)ccc1CC(CCl)Cc1ccccc1Cl. The summed E-state index contributed by atoms with van der Waals surface area (Å²) in [6.07, 6.45) is 1.29. The summed E-state index contributed by atoms with van der Waals surface area (Å²) in [5.74, 6) is 0.298. The lowest BCUT2D eigenvalue weighted by molar-refractivity contribution is 0.546. The van der Waals surface area contributed by atoms with Crippen molar-refractivity contribution in [2.45, 2.75) is 12.8 Å².